The molecule has 3 aromatic rings. The van der Waals surface area contributed by atoms with Crippen molar-refractivity contribution >= 4 is 39.9 Å². The summed E-state index contributed by atoms with van der Waals surface area (Å²) < 4.78 is 8.05. The topological polar surface area (TPSA) is 53.1 Å². The van der Waals surface area contributed by atoms with Crippen LogP contribution in [0.4, 0.5) is 5.69 Å². The van der Waals surface area contributed by atoms with E-state index in [0.29, 0.717) is 33.3 Å². The molecule has 0 spiro atoms. The highest BCUT2D eigenvalue weighted by Crippen LogP contribution is 2.38. The van der Waals surface area contributed by atoms with Crippen LogP contribution < -0.4 is 10.5 Å². The number of nitrogens with zero attached hydrogens (tertiary/aromatic N) is 2. The lowest BCUT2D eigenvalue weighted by Gasteiger charge is -2.13. The van der Waals surface area contributed by atoms with Gasteiger partial charge in [-0.05, 0) is 45.0 Å². The van der Waals surface area contributed by atoms with Crippen LogP contribution in [0.2, 0.25) is 10.0 Å². The molecule has 0 bridgehead atoms. The fraction of sp³-hybridized carbons (Fsp3) is 0.235. The molecule has 0 aliphatic carbocycles. The Bertz CT molecular complexity index is 864. The lowest BCUT2D eigenvalue weighted by atomic mass is 10.2. The number of halogens is 2. The van der Waals surface area contributed by atoms with E-state index in [-0.39, 0.29) is 0 Å². The summed E-state index contributed by atoms with van der Waals surface area (Å²) in [6.45, 7) is 6.24. The van der Waals surface area contributed by atoms with Gasteiger partial charge in [-0.25, -0.2) is 4.98 Å². The predicted octanol–water partition coefficient (Wildman–Crippen LogP) is 5.61. The van der Waals surface area contributed by atoms with Gasteiger partial charge in [0.05, 0.1) is 21.1 Å². The van der Waals surface area contributed by atoms with Crippen LogP contribution >= 0.6 is 23.2 Å². The van der Waals surface area contributed by atoms with Gasteiger partial charge in [0.1, 0.15) is 11.6 Å². The molecule has 3 rings (SSSR count). The highest BCUT2D eigenvalue weighted by Gasteiger charge is 2.14. The van der Waals surface area contributed by atoms with E-state index in [2.05, 4.69) is 23.4 Å². The summed E-state index contributed by atoms with van der Waals surface area (Å²) in [5.74, 6) is 2.01. The summed E-state index contributed by atoms with van der Waals surface area (Å²) >= 11 is 12.4. The van der Waals surface area contributed by atoms with Gasteiger partial charge in [-0.1, -0.05) is 23.2 Å². The minimum Gasteiger partial charge on any atom is -0.454 e. The van der Waals surface area contributed by atoms with Crippen molar-refractivity contribution in [3.8, 4) is 11.5 Å². The summed E-state index contributed by atoms with van der Waals surface area (Å²) in [5.41, 5.74) is 8.15. The Morgan fingerprint density at radius 3 is 2.39 bits per heavy atom. The zero-order valence-electron chi connectivity index (χ0n) is 13.1. The maximum absolute atomic E-state index is 6.18. The summed E-state index contributed by atoms with van der Waals surface area (Å²) in [4.78, 5) is 4.57. The molecule has 2 N–H and O–H groups in total. The lowest BCUT2D eigenvalue weighted by Crippen LogP contribution is -2.02. The maximum atomic E-state index is 6.18. The van der Waals surface area contributed by atoms with Crippen molar-refractivity contribution in [2.45, 2.75) is 26.8 Å². The van der Waals surface area contributed by atoms with Crippen molar-refractivity contribution in [2.24, 2.45) is 0 Å². The first-order valence-electron chi connectivity index (χ1n) is 7.27. The van der Waals surface area contributed by atoms with Crippen LogP contribution in [0, 0.1) is 6.92 Å². The molecule has 0 aliphatic heterocycles. The minimum atomic E-state index is 0.305. The molecule has 0 unspecified atom stereocenters. The van der Waals surface area contributed by atoms with Crippen LogP contribution in [0.3, 0.4) is 0 Å². The van der Waals surface area contributed by atoms with Crippen LogP contribution in [0.15, 0.2) is 30.3 Å². The minimum absolute atomic E-state index is 0.305. The summed E-state index contributed by atoms with van der Waals surface area (Å²) in [6.07, 6.45) is 0. The quantitative estimate of drug-likeness (QED) is 0.625. The number of aromatic nitrogens is 2. The first-order valence-corrected chi connectivity index (χ1v) is 8.03. The molecule has 23 heavy (non-hydrogen) atoms. The van der Waals surface area contributed by atoms with Gasteiger partial charge in [0, 0.05) is 17.8 Å². The van der Waals surface area contributed by atoms with Crippen LogP contribution in [-0.2, 0) is 0 Å². The fourth-order valence-electron chi connectivity index (χ4n) is 2.70. The van der Waals surface area contributed by atoms with Gasteiger partial charge in [0.25, 0.3) is 0 Å². The molecule has 0 atom stereocenters. The number of nitrogen functional groups attached to an aromatic ring is 1. The summed E-state index contributed by atoms with van der Waals surface area (Å²) in [5, 5.41) is 0.757. The van der Waals surface area contributed by atoms with Gasteiger partial charge in [0.15, 0.2) is 5.75 Å². The third-order valence-corrected chi connectivity index (χ3v) is 4.16. The highest BCUT2D eigenvalue weighted by molar-refractivity contribution is 6.37. The number of ether oxygens (including phenoxy) is 1. The van der Waals surface area contributed by atoms with Gasteiger partial charge in [-0.15, -0.1) is 0 Å². The number of imidazole rings is 1. The molecule has 0 radical (unpaired) electrons. The number of benzene rings is 2. The molecule has 2 aromatic carbocycles. The summed E-state index contributed by atoms with van der Waals surface area (Å²) in [6, 6.07) is 9.25. The first-order chi connectivity index (χ1) is 10.9. The van der Waals surface area contributed by atoms with Crippen molar-refractivity contribution in [1.29, 1.82) is 0 Å². The largest absolute Gasteiger partial charge is 0.454 e. The Labute approximate surface area is 144 Å². The van der Waals surface area contributed by atoms with E-state index in [1.165, 1.54) is 0 Å². The van der Waals surface area contributed by atoms with Crippen LogP contribution in [0.1, 0.15) is 25.7 Å². The standard InChI is InChI=1S/C17H17Cl2N3O/c1-9(2)22-10(3)21-15-5-4-12(8-16(15)22)23-17-13(18)6-11(20)7-14(17)19/h4-9H,20H2,1-3H3. The molecular weight excluding hydrogens is 333 g/mol. The number of aryl methyl sites for hydroxylation is 1. The Morgan fingerprint density at radius 1 is 1.13 bits per heavy atom. The highest BCUT2D eigenvalue weighted by atomic mass is 35.5. The van der Waals surface area contributed by atoms with Gasteiger partial charge in [-0.2, -0.15) is 0 Å². The van der Waals surface area contributed by atoms with E-state index >= 15 is 0 Å². The SMILES string of the molecule is Cc1nc2ccc(Oc3c(Cl)cc(N)cc3Cl)cc2n1C(C)C. The third kappa shape index (κ3) is 2.96. The summed E-state index contributed by atoms with van der Waals surface area (Å²) in [7, 11) is 0. The number of nitrogens with two attached hydrogens (primary N) is 1. The maximum Gasteiger partial charge on any atom is 0.164 e. The molecule has 0 amide bonds. The number of rotatable bonds is 3. The molecule has 6 heteroatoms. The molecule has 1 heterocycles. The number of hydrogen-bond acceptors (Lipinski definition) is 3. The van der Waals surface area contributed by atoms with Gasteiger partial charge in [-0.3, -0.25) is 0 Å². The second kappa shape index (κ2) is 5.95. The fourth-order valence-corrected chi connectivity index (χ4v) is 3.28. The smallest absolute Gasteiger partial charge is 0.164 e. The van der Waals surface area contributed by atoms with Gasteiger partial charge in [0.2, 0.25) is 0 Å². The van der Waals surface area contributed by atoms with Gasteiger partial charge >= 0.3 is 0 Å². The average Bonchev–Trinajstić information content (AvgIpc) is 2.78. The van der Waals surface area contributed by atoms with E-state index in [0.717, 1.165) is 16.9 Å². The van der Waals surface area contributed by atoms with Crippen molar-refractivity contribution in [1.82, 2.24) is 9.55 Å². The normalized spacial score (nSPS) is 11.4. The third-order valence-electron chi connectivity index (χ3n) is 3.59. The Hall–Kier alpha value is -1.91. The Balaban J connectivity index is 2.06. The van der Waals surface area contributed by atoms with E-state index < -0.39 is 0 Å². The van der Waals surface area contributed by atoms with E-state index in [1.54, 1.807) is 12.1 Å². The number of anilines is 1. The molecule has 0 saturated carbocycles. The molecular formula is C17H17Cl2N3O. The second-order valence-corrected chi connectivity index (χ2v) is 6.50. The lowest BCUT2D eigenvalue weighted by molar-refractivity contribution is 0.483. The predicted molar refractivity (Wildman–Crippen MR) is 95.8 cm³/mol. The molecule has 4 nitrogen and oxygen atoms in total. The van der Waals surface area contributed by atoms with Crippen LogP contribution in [-0.4, -0.2) is 9.55 Å². The Morgan fingerprint density at radius 2 is 1.78 bits per heavy atom. The molecule has 0 aliphatic rings. The molecule has 0 saturated heterocycles. The van der Waals surface area contributed by atoms with Crippen molar-refractivity contribution < 1.29 is 4.74 Å². The number of hydrogen-bond donors (Lipinski definition) is 1. The van der Waals surface area contributed by atoms with Crippen LogP contribution in [0.5, 0.6) is 11.5 Å². The zero-order valence-corrected chi connectivity index (χ0v) is 14.6. The number of fused-ring (bicyclic) bond motifs is 1. The molecule has 120 valence electrons. The molecule has 0 fully saturated rings. The Kier molecular flexibility index (Phi) is 4.13. The van der Waals surface area contributed by atoms with Crippen molar-refractivity contribution in [3.05, 3.63) is 46.2 Å². The van der Waals surface area contributed by atoms with Crippen molar-refractivity contribution in [2.75, 3.05) is 5.73 Å². The zero-order chi connectivity index (χ0) is 16.7. The van der Waals surface area contributed by atoms with Gasteiger partial charge < -0.3 is 15.0 Å². The van der Waals surface area contributed by atoms with Crippen LogP contribution in [0.25, 0.3) is 11.0 Å². The second-order valence-electron chi connectivity index (χ2n) is 5.69. The van der Waals surface area contributed by atoms with E-state index in [9.17, 15) is 0 Å². The van der Waals surface area contributed by atoms with Crippen molar-refractivity contribution in [3.63, 3.8) is 0 Å². The average molecular weight is 350 g/mol. The molecule has 1 aromatic heterocycles. The first kappa shape index (κ1) is 16.0. The van der Waals surface area contributed by atoms with E-state index in [1.807, 2.05) is 25.1 Å². The van der Waals surface area contributed by atoms with E-state index in [4.69, 9.17) is 33.7 Å². The monoisotopic (exact) mass is 349 g/mol.